The summed E-state index contributed by atoms with van der Waals surface area (Å²) in [6.45, 7) is 10.2. The van der Waals surface area contributed by atoms with Crippen LogP contribution < -0.4 is 10.6 Å². The third-order valence-corrected chi connectivity index (χ3v) is 4.86. The lowest BCUT2D eigenvalue weighted by Gasteiger charge is -2.18. The average Bonchev–Trinajstić information content (AvgIpc) is 3.00. The van der Waals surface area contributed by atoms with Gasteiger partial charge < -0.3 is 10.6 Å². The van der Waals surface area contributed by atoms with Crippen molar-refractivity contribution in [2.75, 3.05) is 6.54 Å². The van der Waals surface area contributed by atoms with E-state index < -0.39 is 0 Å². The molecule has 28 heavy (non-hydrogen) atoms. The van der Waals surface area contributed by atoms with Crippen molar-refractivity contribution in [2.24, 2.45) is 12.0 Å². The van der Waals surface area contributed by atoms with Gasteiger partial charge in [0.1, 0.15) is 0 Å². The third kappa shape index (κ3) is 7.11. The smallest absolute Gasteiger partial charge is 0.191 e. The van der Waals surface area contributed by atoms with Crippen molar-refractivity contribution in [2.45, 2.75) is 66.0 Å². The van der Waals surface area contributed by atoms with E-state index in [-0.39, 0.29) is 24.0 Å². The van der Waals surface area contributed by atoms with Gasteiger partial charge in [0.05, 0.1) is 12.2 Å². The van der Waals surface area contributed by atoms with Crippen LogP contribution in [0.1, 0.15) is 56.6 Å². The first kappa shape index (κ1) is 24.5. The molecule has 1 aromatic heterocycles. The lowest BCUT2D eigenvalue weighted by Crippen LogP contribution is -2.42. The monoisotopic (exact) mass is 497 g/mol. The van der Waals surface area contributed by atoms with Crippen molar-refractivity contribution in [3.8, 4) is 0 Å². The molecule has 0 aliphatic heterocycles. The van der Waals surface area contributed by atoms with E-state index in [9.17, 15) is 0 Å². The zero-order chi connectivity index (χ0) is 19.6. The van der Waals surface area contributed by atoms with Crippen LogP contribution >= 0.6 is 24.0 Å². The summed E-state index contributed by atoms with van der Waals surface area (Å²) in [5, 5.41) is 11.6. The van der Waals surface area contributed by atoms with Crippen molar-refractivity contribution in [1.82, 2.24) is 20.4 Å². The van der Waals surface area contributed by atoms with Crippen LogP contribution in [-0.2, 0) is 32.9 Å². The van der Waals surface area contributed by atoms with Gasteiger partial charge in [0.15, 0.2) is 5.96 Å². The minimum Gasteiger partial charge on any atom is -0.357 e. The highest BCUT2D eigenvalue weighted by molar-refractivity contribution is 14.0. The molecule has 1 atom stereocenters. The Kier molecular flexibility index (Phi) is 11.2. The van der Waals surface area contributed by atoms with Gasteiger partial charge in [-0.15, -0.1) is 24.0 Å². The maximum atomic E-state index is 4.85. The second-order valence-corrected chi connectivity index (χ2v) is 6.97. The number of guanidine groups is 1. The number of aryl methyl sites for hydroxylation is 3. The SMILES string of the molecule is CCNC(=NCc1c(CC)nn(C)c1CC)NC(C)CCc1ccccc1.I. The van der Waals surface area contributed by atoms with E-state index in [0.717, 1.165) is 43.9 Å². The van der Waals surface area contributed by atoms with Crippen molar-refractivity contribution in [1.29, 1.82) is 0 Å². The first-order chi connectivity index (χ1) is 13.1. The molecule has 2 rings (SSSR count). The van der Waals surface area contributed by atoms with Gasteiger partial charge in [0.2, 0.25) is 0 Å². The van der Waals surface area contributed by atoms with E-state index in [1.165, 1.54) is 16.8 Å². The standard InChI is InChI=1S/C22H35N5.HI/c1-6-20-19(21(7-2)27(5)26-20)16-24-22(23-8-3)25-17(4)14-15-18-12-10-9-11-13-18;/h9-13,17H,6-8,14-16H2,1-5H3,(H2,23,24,25);1H. The molecule has 2 N–H and O–H groups in total. The molecule has 0 saturated heterocycles. The molecule has 1 aromatic carbocycles. The Morgan fingerprint density at radius 2 is 1.86 bits per heavy atom. The van der Waals surface area contributed by atoms with E-state index in [2.05, 4.69) is 73.8 Å². The molecule has 0 bridgehead atoms. The second-order valence-electron chi connectivity index (χ2n) is 6.97. The summed E-state index contributed by atoms with van der Waals surface area (Å²) in [4.78, 5) is 4.85. The van der Waals surface area contributed by atoms with Crippen LogP contribution in [0.4, 0.5) is 0 Å². The molecule has 5 nitrogen and oxygen atoms in total. The van der Waals surface area contributed by atoms with Crippen molar-refractivity contribution < 1.29 is 0 Å². The minimum atomic E-state index is 0. The van der Waals surface area contributed by atoms with Gasteiger partial charge in [-0.05, 0) is 45.1 Å². The Morgan fingerprint density at radius 3 is 2.46 bits per heavy atom. The molecular formula is C22H36IN5. The van der Waals surface area contributed by atoms with Gasteiger partial charge >= 0.3 is 0 Å². The molecule has 0 aliphatic rings. The largest absolute Gasteiger partial charge is 0.357 e. The summed E-state index contributed by atoms with van der Waals surface area (Å²) in [6, 6.07) is 11.0. The molecular weight excluding hydrogens is 461 g/mol. The van der Waals surface area contributed by atoms with E-state index in [0.29, 0.717) is 12.6 Å². The summed E-state index contributed by atoms with van der Waals surface area (Å²) >= 11 is 0. The number of hydrogen-bond acceptors (Lipinski definition) is 2. The molecule has 0 radical (unpaired) electrons. The van der Waals surface area contributed by atoms with Crippen molar-refractivity contribution in [3.63, 3.8) is 0 Å². The molecule has 0 saturated carbocycles. The van der Waals surface area contributed by atoms with Gasteiger partial charge in [-0.1, -0.05) is 44.2 Å². The Labute approximate surface area is 187 Å². The average molecular weight is 497 g/mol. The number of nitrogens with one attached hydrogen (secondary N) is 2. The highest BCUT2D eigenvalue weighted by Crippen LogP contribution is 2.16. The fourth-order valence-electron chi connectivity index (χ4n) is 3.38. The first-order valence-electron chi connectivity index (χ1n) is 10.2. The van der Waals surface area contributed by atoms with Gasteiger partial charge in [-0.2, -0.15) is 5.10 Å². The van der Waals surface area contributed by atoms with Gasteiger partial charge in [-0.3, -0.25) is 4.68 Å². The third-order valence-electron chi connectivity index (χ3n) is 4.86. The Bertz CT molecular complexity index is 724. The van der Waals surface area contributed by atoms with Crippen LogP contribution in [0.5, 0.6) is 0 Å². The van der Waals surface area contributed by atoms with Gasteiger partial charge in [0.25, 0.3) is 0 Å². The quantitative estimate of drug-likeness (QED) is 0.310. The van der Waals surface area contributed by atoms with Crippen LogP contribution in [0.25, 0.3) is 0 Å². The van der Waals surface area contributed by atoms with Gasteiger partial charge in [-0.25, -0.2) is 4.99 Å². The summed E-state index contributed by atoms with van der Waals surface area (Å²) in [7, 11) is 2.03. The predicted molar refractivity (Wildman–Crippen MR) is 130 cm³/mol. The molecule has 1 unspecified atom stereocenters. The number of benzene rings is 1. The number of aliphatic imine (C=N–C) groups is 1. The second kappa shape index (κ2) is 12.8. The number of halogens is 1. The Balaban J connectivity index is 0.00000392. The fraction of sp³-hybridized carbons (Fsp3) is 0.545. The lowest BCUT2D eigenvalue weighted by molar-refractivity contribution is 0.593. The van der Waals surface area contributed by atoms with E-state index >= 15 is 0 Å². The zero-order valence-corrected chi connectivity index (χ0v) is 20.3. The molecule has 0 amide bonds. The predicted octanol–water partition coefficient (Wildman–Crippen LogP) is 4.24. The topological polar surface area (TPSA) is 54.2 Å². The van der Waals surface area contributed by atoms with Crippen LogP contribution in [0.2, 0.25) is 0 Å². The highest BCUT2D eigenvalue weighted by Gasteiger charge is 2.13. The number of hydrogen-bond donors (Lipinski definition) is 2. The summed E-state index contributed by atoms with van der Waals surface area (Å²) in [5.74, 6) is 0.881. The van der Waals surface area contributed by atoms with E-state index in [4.69, 9.17) is 4.99 Å². The normalized spacial score (nSPS) is 12.4. The zero-order valence-electron chi connectivity index (χ0n) is 18.0. The minimum absolute atomic E-state index is 0. The number of aromatic nitrogens is 2. The Morgan fingerprint density at radius 1 is 1.14 bits per heavy atom. The lowest BCUT2D eigenvalue weighted by atomic mass is 10.1. The number of nitrogens with zero attached hydrogens (tertiary/aromatic N) is 3. The molecule has 0 fully saturated rings. The van der Waals surface area contributed by atoms with Crippen molar-refractivity contribution in [3.05, 3.63) is 52.8 Å². The summed E-state index contributed by atoms with van der Waals surface area (Å²) in [5.41, 5.74) is 5.09. The maximum absolute atomic E-state index is 4.85. The molecule has 0 spiro atoms. The Hall–Kier alpha value is -1.57. The first-order valence-corrected chi connectivity index (χ1v) is 10.2. The fourth-order valence-corrected chi connectivity index (χ4v) is 3.38. The molecule has 2 aromatic rings. The number of rotatable bonds is 9. The highest BCUT2D eigenvalue weighted by atomic mass is 127. The van der Waals surface area contributed by atoms with Crippen LogP contribution in [0.3, 0.4) is 0 Å². The van der Waals surface area contributed by atoms with E-state index in [1.54, 1.807) is 0 Å². The van der Waals surface area contributed by atoms with Crippen LogP contribution in [-0.4, -0.2) is 28.3 Å². The van der Waals surface area contributed by atoms with Gasteiger partial charge in [0, 0.05) is 30.9 Å². The van der Waals surface area contributed by atoms with Crippen LogP contribution in [0, 0.1) is 0 Å². The maximum Gasteiger partial charge on any atom is 0.191 e. The summed E-state index contributed by atoms with van der Waals surface area (Å²) < 4.78 is 2.01. The molecule has 156 valence electrons. The molecule has 6 heteroatoms. The molecule has 0 aliphatic carbocycles. The van der Waals surface area contributed by atoms with E-state index in [1.807, 2.05) is 11.7 Å². The summed E-state index contributed by atoms with van der Waals surface area (Å²) in [6.07, 6.45) is 4.06. The molecule has 1 heterocycles. The van der Waals surface area contributed by atoms with Crippen LogP contribution in [0.15, 0.2) is 35.3 Å². The van der Waals surface area contributed by atoms with Crippen molar-refractivity contribution >= 4 is 29.9 Å².